The van der Waals surface area contributed by atoms with Crippen LogP contribution in [0.5, 0.6) is 5.75 Å². The van der Waals surface area contributed by atoms with Gasteiger partial charge in [0, 0.05) is 23.6 Å². The quantitative estimate of drug-likeness (QED) is 0.878. The van der Waals surface area contributed by atoms with Crippen LogP contribution in [0.3, 0.4) is 0 Å². The van der Waals surface area contributed by atoms with E-state index in [2.05, 4.69) is 28.2 Å². The molecule has 0 aliphatic carbocycles. The average molecular weight is 230 g/mol. The second kappa shape index (κ2) is 4.41. The van der Waals surface area contributed by atoms with Crippen molar-refractivity contribution >= 4 is 10.9 Å². The third kappa shape index (κ3) is 2.03. The van der Waals surface area contributed by atoms with Crippen LogP contribution < -0.4 is 4.74 Å². The SMILES string of the molecule is COc1ccc2[nH]cc(CN3CCCC3)c2c1. The van der Waals surface area contributed by atoms with Gasteiger partial charge in [0.1, 0.15) is 5.75 Å². The molecule has 2 heterocycles. The molecule has 0 radical (unpaired) electrons. The summed E-state index contributed by atoms with van der Waals surface area (Å²) in [5.74, 6) is 0.930. The molecule has 90 valence electrons. The number of aromatic amines is 1. The van der Waals surface area contributed by atoms with E-state index in [9.17, 15) is 0 Å². The highest BCUT2D eigenvalue weighted by Crippen LogP contribution is 2.25. The van der Waals surface area contributed by atoms with Crippen LogP contribution in [-0.2, 0) is 6.54 Å². The lowest BCUT2D eigenvalue weighted by molar-refractivity contribution is 0.332. The predicted molar refractivity (Wildman–Crippen MR) is 69.4 cm³/mol. The molecular weight excluding hydrogens is 212 g/mol. The number of fused-ring (bicyclic) bond motifs is 1. The first-order chi connectivity index (χ1) is 8.36. The molecule has 0 unspecified atom stereocenters. The maximum atomic E-state index is 5.29. The van der Waals surface area contributed by atoms with Gasteiger partial charge in [-0.3, -0.25) is 4.90 Å². The lowest BCUT2D eigenvalue weighted by atomic mass is 10.1. The second-order valence-corrected chi connectivity index (χ2v) is 4.71. The zero-order valence-electron chi connectivity index (χ0n) is 10.2. The van der Waals surface area contributed by atoms with Gasteiger partial charge in [0.2, 0.25) is 0 Å². The van der Waals surface area contributed by atoms with Crippen molar-refractivity contribution in [2.45, 2.75) is 19.4 Å². The van der Waals surface area contributed by atoms with Crippen molar-refractivity contribution in [1.29, 1.82) is 0 Å². The van der Waals surface area contributed by atoms with Gasteiger partial charge in [-0.05, 0) is 49.7 Å². The minimum absolute atomic E-state index is 0.930. The third-order valence-electron chi connectivity index (χ3n) is 3.57. The van der Waals surface area contributed by atoms with E-state index < -0.39 is 0 Å². The number of rotatable bonds is 3. The molecule has 3 nitrogen and oxygen atoms in total. The summed E-state index contributed by atoms with van der Waals surface area (Å²) in [5, 5.41) is 1.29. The van der Waals surface area contributed by atoms with Gasteiger partial charge in [-0.1, -0.05) is 0 Å². The predicted octanol–water partition coefficient (Wildman–Crippen LogP) is 2.77. The highest BCUT2D eigenvalue weighted by Gasteiger charge is 2.14. The van der Waals surface area contributed by atoms with Gasteiger partial charge in [0.05, 0.1) is 7.11 Å². The number of likely N-dealkylation sites (tertiary alicyclic amines) is 1. The van der Waals surface area contributed by atoms with E-state index in [1.54, 1.807) is 7.11 Å². The molecule has 1 aromatic heterocycles. The van der Waals surface area contributed by atoms with E-state index in [4.69, 9.17) is 4.74 Å². The molecule has 0 bridgehead atoms. The van der Waals surface area contributed by atoms with Crippen LogP contribution in [0, 0.1) is 0 Å². The lowest BCUT2D eigenvalue weighted by Gasteiger charge is -2.13. The Labute approximate surface area is 101 Å². The molecule has 3 rings (SSSR count). The van der Waals surface area contributed by atoms with Gasteiger partial charge in [0.15, 0.2) is 0 Å². The summed E-state index contributed by atoms with van der Waals surface area (Å²) in [6.07, 6.45) is 4.81. The Bertz CT molecular complexity index is 512. The Hall–Kier alpha value is -1.48. The van der Waals surface area contributed by atoms with E-state index in [-0.39, 0.29) is 0 Å². The van der Waals surface area contributed by atoms with E-state index in [0.717, 1.165) is 12.3 Å². The zero-order chi connectivity index (χ0) is 11.7. The normalized spacial score (nSPS) is 16.8. The van der Waals surface area contributed by atoms with Crippen molar-refractivity contribution in [2.75, 3.05) is 20.2 Å². The maximum Gasteiger partial charge on any atom is 0.119 e. The number of hydrogen-bond acceptors (Lipinski definition) is 2. The molecule has 17 heavy (non-hydrogen) atoms. The Morgan fingerprint density at radius 2 is 2.12 bits per heavy atom. The number of aromatic nitrogens is 1. The Kier molecular flexibility index (Phi) is 2.77. The molecule has 0 spiro atoms. The number of nitrogens with zero attached hydrogens (tertiary/aromatic N) is 1. The first-order valence-corrected chi connectivity index (χ1v) is 6.23. The number of methoxy groups -OCH3 is 1. The fraction of sp³-hybridized carbons (Fsp3) is 0.429. The van der Waals surface area contributed by atoms with Crippen molar-refractivity contribution in [3.05, 3.63) is 30.0 Å². The highest BCUT2D eigenvalue weighted by atomic mass is 16.5. The molecule has 1 aromatic carbocycles. The van der Waals surface area contributed by atoms with E-state index in [0.29, 0.717) is 0 Å². The Balaban J connectivity index is 1.92. The molecule has 0 amide bonds. The number of benzene rings is 1. The lowest BCUT2D eigenvalue weighted by Crippen LogP contribution is -2.17. The third-order valence-corrected chi connectivity index (χ3v) is 3.57. The number of H-pyrrole nitrogens is 1. The van der Waals surface area contributed by atoms with Crippen molar-refractivity contribution in [1.82, 2.24) is 9.88 Å². The molecule has 1 saturated heterocycles. The number of nitrogens with one attached hydrogen (secondary N) is 1. The molecule has 0 atom stereocenters. The first kappa shape index (κ1) is 10.7. The minimum atomic E-state index is 0.930. The molecular formula is C14H18N2O. The van der Waals surface area contributed by atoms with E-state index in [1.165, 1.54) is 42.4 Å². The summed E-state index contributed by atoms with van der Waals surface area (Å²) >= 11 is 0. The van der Waals surface area contributed by atoms with Crippen LogP contribution in [-0.4, -0.2) is 30.1 Å². The summed E-state index contributed by atoms with van der Waals surface area (Å²) in [4.78, 5) is 5.85. The van der Waals surface area contributed by atoms with Crippen LogP contribution in [0.2, 0.25) is 0 Å². The fourth-order valence-corrected chi connectivity index (χ4v) is 2.60. The highest BCUT2D eigenvalue weighted by molar-refractivity contribution is 5.84. The summed E-state index contributed by atoms with van der Waals surface area (Å²) in [7, 11) is 1.72. The summed E-state index contributed by atoms with van der Waals surface area (Å²) in [5.41, 5.74) is 2.57. The van der Waals surface area contributed by atoms with E-state index >= 15 is 0 Å². The van der Waals surface area contributed by atoms with Crippen LogP contribution in [0.1, 0.15) is 18.4 Å². The number of ether oxygens (including phenoxy) is 1. The van der Waals surface area contributed by atoms with Crippen LogP contribution in [0.25, 0.3) is 10.9 Å². The van der Waals surface area contributed by atoms with Crippen molar-refractivity contribution in [3.8, 4) is 5.75 Å². The molecule has 1 aliphatic rings. The summed E-state index contributed by atoms with van der Waals surface area (Å²) in [6.45, 7) is 3.51. The second-order valence-electron chi connectivity index (χ2n) is 4.71. The largest absolute Gasteiger partial charge is 0.497 e. The van der Waals surface area contributed by atoms with Gasteiger partial charge in [-0.2, -0.15) is 0 Å². The summed E-state index contributed by atoms with van der Waals surface area (Å²) in [6, 6.07) is 6.21. The molecule has 0 saturated carbocycles. The fourth-order valence-electron chi connectivity index (χ4n) is 2.60. The molecule has 3 heteroatoms. The standard InChI is InChI=1S/C14H18N2O/c1-17-12-4-5-14-13(8-12)11(9-15-14)10-16-6-2-3-7-16/h4-5,8-9,15H,2-3,6-7,10H2,1H3. The summed E-state index contributed by atoms with van der Waals surface area (Å²) < 4.78 is 5.29. The van der Waals surface area contributed by atoms with Crippen LogP contribution >= 0.6 is 0 Å². The van der Waals surface area contributed by atoms with Crippen molar-refractivity contribution in [2.24, 2.45) is 0 Å². The molecule has 1 fully saturated rings. The van der Waals surface area contributed by atoms with Crippen molar-refractivity contribution in [3.63, 3.8) is 0 Å². The molecule has 2 aromatic rings. The Morgan fingerprint density at radius 3 is 2.88 bits per heavy atom. The number of hydrogen-bond donors (Lipinski definition) is 1. The minimum Gasteiger partial charge on any atom is -0.497 e. The molecule has 1 N–H and O–H groups in total. The van der Waals surface area contributed by atoms with Gasteiger partial charge >= 0.3 is 0 Å². The van der Waals surface area contributed by atoms with Gasteiger partial charge in [0.25, 0.3) is 0 Å². The van der Waals surface area contributed by atoms with Gasteiger partial charge in [-0.15, -0.1) is 0 Å². The van der Waals surface area contributed by atoms with E-state index in [1.807, 2.05) is 6.07 Å². The zero-order valence-corrected chi connectivity index (χ0v) is 10.2. The first-order valence-electron chi connectivity index (χ1n) is 6.23. The topological polar surface area (TPSA) is 28.3 Å². The monoisotopic (exact) mass is 230 g/mol. The van der Waals surface area contributed by atoms with Crippen LogP contribution in [0.15, 0.2) is 24.4 Å². The Morgan fingerprint density at radius 1 is 1.29 bits per heavy atom. The smallest absolute Gasteiger partial charge is 0.119 e. The van der Waals surface area contributed by atoms with Gasteiger partial charge in [-0.25, -0.2) is 0 Å². The maximum absolute atomic E-state index is 5.29. The van der Waals surface area contributed by atoms with Gasteiger partial charge < -0.3 is 9.72 Å². The van der Waals surface area contributed by atoms with Crippen LogP contribution in [0.4, 0.5) is 0 Å². The average Bonchev–Trinajstić information content (AvgIpc) is 2.99. The van der Waals surface area contributed by atoms with Crippen molar-refractivity contribution < 1.29 is 4.74 Å². The molecule has 1 aliphatic heterocycles.